The smallest absolute Gasteiger partial charge is 0.119 e. The highest BCUT2D eigenvalue weighted by Crippen LogP contribution is 2.25. The van der Waals surface area contributed by atoms with E-state index in [1.807, 2.05) is 36.4 Å². The SMILES string of the molecule is CCCOc1ccc(NCCNc2ccc(Cl)cc2Cl)cc1. The van der Waals surface area contributed by atoms with Crippen LogP contribution < -0.4 is 15.4 Å². The van der Waals surface area contributed by atoms with Crippen LogP contribution in [-0.2, 0) is 0 Å². The van der Waals surface area contributed by atoms with Gasteiger partial charge in [0, 0.05) is 23.8 Å². The molecule has 0 aliphatic carbocycles. The Balaban J connectivity index is 1.74. The number of hydrogen-bond acceptors (Lipinski definition) is 3. The lowest BCUT2D eigenvalue weighted by Crippen LogP contribution is -2.13. The molecular weight excluding hydrogens is 319 g/mol. The highest BCUT2D eigenvalue weighted by atomic mass is 35.5. The van der Waals surface area contributed by atoms with Crippen molar-refractivity contribution in [3.05, 3.63) is 52.5 Å². The highest BCUT2D eigenvalue weighted by molar-refractivity contribution is 6.36. The minimum Gasteiger partial charge on any atom is -0.494 e. The molecule has 22 heavy (non-hydrogen) atoms. The topological polar surface area (TPSA) is 33.3 Å². The average molecular weight is 339 g/mol. The fourth-order valence-electron chi connectivity index (χ4n) is 1.93. The molecule has 0 fully saturated rings. The van der Waals surface area contributed by atoms with Crippen molar-refractivity contribution in [2.75, 3.05) is 30.3 Å². The Morgan fingerprint density at radius 1 is 0.955 bits per heavy atom. The van der Waals surface area contributed by atoms with Crippen molar-refractivity contribution in [3.63, 3.8) is 0 Å². The summed E-state index contributed by atoms with van der Waals surface area (Å²) in [6.07, 6.45) is 1.01. The van der Waals surface area contributed by atoms with Crippen molar-refractivity contribution in [1.82, 2.24) is 0 Å². The molecule has 0 spiro atoms. The van der Waals surface area contributed by atoms with Crippen LogP contribution >= 0.6 is 23.2 Å². The van der Waals surface area contributed by atoms with Crippen LogP contribution in [0.4, 0.5) is 11.4 Å². The molecule has 0 saturated heterocycles. The first-order chi connectivity index (χ1) is 10.7. The number of hydrogen-bond donors (Lipinski definition) is 2. The second-order valence-corrected chi connectivity index (χ2v) is 5.69. The van der Waals surface area contributed by atoms with Gasteiger partial charge in [-0.25, -0.2) is 0 Å². The largest absolute Gasteiger partial charge is 0.494 e. The number of rotatable bonds is 8. The Bertz CT molecular complexity index is 588. The van der Waals surface area contributed by atoms with Gasteiger partial charge in [0.2, 0.25) is 0 Å². The van der Waals surface area contributed by atoms with Gasteiger partial charge < -0.3 is 15.4 Å². The molecule has 0 aliphatic rings. The summed E-state index contributed by atoms with van der Waals surface area (Å²) in [4.78, 5) is 0. The van der Waals surface area contributed by atoms with Crippen LogP contribution in [0.25, 0.3) is 0 Å². The fraction of sp³-hybridized carbons (Fsp3) is 0.294. The van der Waals surface area contributed by atoms with Crippen molar-refractivity contribution in [2.24, 2.45) is 0 Å². The summed E-state index contributed by atoms with van der Waals surface area (Å²) in [7, 11) is 0. The highest BCUT2D eigenvalue weighted by Gasteiger charge is 2.00. The number of halogens is 2. The van der Waals surface area contributed by atoms with Crippen LogP contribution in [0.1, 0.15) is 13.3 Å². The molecule has 2 aromatic carbocycles. The van der Waals surface area contributed by atoms with E-state index in [2.05, 4.69) is 17.6 Å². The molecule has 0 amide bonds. The lowest BCUT2D eigenvalue weighted by atomic mass is 10.3. The fourth-order valence-corrected chi connectivity index (χ4v) is 2.40. The molecule has 2 N–H and O–H groups in total. The van der Waals surface area contributed by atoms with Gasteiger partial charge in [0.25, 0.3) is 0 Å². The maximum Gasteiger partial charge on any atom is 0.119 e. The van der Waals surface area contributed by atoms with Crippen LogP contribution in [0.5, 0.6) is 5.75 Å². The van der Waals surface area contributed by atoms with Gasteiger partial charge in [-0.2, -0.15) is 0 Å². The summed E-state index contributed by atoms with van der Waals surface area (Å²) in [5.74, 6) is 0.901. The van der Waals surface area contributed by atoms with Gasteiger partial charge in [-0.05, 0) is 48.9 Å². The molecule has 0 unspecified atom stereocenters. The van der Waals surface area contributed by atoms with Crippen molar-refractivity contribution in [3.8, 4) is 5.75 Å². The molecule has 0 aliphatic heterocycles. The number of benzene rings is 2. The minimum atomic E-state index is 0.630. The van der Waals surface area contributed by atoms with Gasteiger partial charge in [0.15, 0.2) is 0 Å². The van der Waals surface area contributed by atoms with Crippen molar-refractivity contribution in [2.45, 2.75) is 13.3 Å². The Hall–Kier alpha value is -1.58. The van der Waals surface area contributed by atoms with E-state index >= 15 is 0 Å². The first-order valence-corrected chi connectivity index (χ1v) is 8.10. The predicted molar refractivity (Wildman–Crippen MR) is 95.7 cm³/mol. The first kappa shape index (κ1) is 16.8. The zero-order valence-corrected chi connectivity index (χ0v) is 14.0. The normalized spacial score (nSPS) is 10.3. The molecule has 0 radical (unpaired) electrons. The lowest BCUT2D eigenvalue weighted by molar-refractivity contribution is 0.317. The molecule has 0 aromatic heterocycles. The standard InChI is InChI=1S/C17H20Cl2N2O/c1-2-11-22-15-6-4-14(5-7-15)20-9-10-21-17-8-3-13(18)12-16(17)19/h3-8,12,20-21H,2,9-11H2,1H3. The zero-order chi connectivity index (χ0) is 15.8. The third-order valence-corrected chi connectivity index (χ3v) is 3.58. The van der Waals surface area contributed by atoms with Crippen molar-refractivity contribution >= 4 is 34.6 Å². The van der Waals surface area contributed by atoms with E-state index in [0.717, 1.165) is 43.2 Å². The van der Waals surface area contributed by atoms with E-state index in [0.29, 0.717) is 10.0 Å². The summed E-state index contributed by atoms with van der Waals surface area (Å²) in [5, 5.41) is 7.88. The summed E-state index contributed by atoms with van der Waals surface area (Å²) in [6.45, 7) is 4.39. The van der Waals surface area contributed by atoms with Gasteiger partial charge >= 0.3 is 0 Å². The van der Waals surface area contributed by atoms with Gasteiger partial charge in [0.1, 0.15) is 5.75 Å². The quantitative estimate of drug-likeness (QED) is 0.640. The van der Waals surface area contributed by atoms with E-state index in [4.69, 9.17) is 27.9 Å². The predicted octanol–water partition coefficient (Wildman–Crippen LogP) is 5.31. The third kappa shape index (κ3) is 5.32. The number of nitrogens with one attached hydrogen (secondary N) is 2. The van der Waals surface area contributed by atoms with Gasteiger partial charge in [-0.1, -0.05) is 30.1 Å². The molecule has 118 valence electrons. The van der Waals surface area contributed by atoms with Crippen molar-refractivity contribution < 1.29 is 4.74 Å². The van der Waals surface area contributed by atoms with E-state index < -0.39 is 0 Å². The number of anilines is 2. The van der Waals surface area contributed by atoms with Gasteiger partial charge in [0.05, 0.1) is 17.3 Å². The second kappa shape index (κ2) is 8.76. The van der Waals surface area contributed by atoms with Gasteiger partial charge in [-0.3, -0.25) is 0 Å². The van der Waals surface area contributed by atoms with E-state index in [9.17, 15) is 0 Å². The van der Waals surface area contributed by atoms with E-state index in [1.165, 1.54) is 0 Å². The third-order valence-electron chi connectivity index (χ3n) is 3.03. The van der Waals surface area contributed by atoms with Crippen LogP contribution in [0.3, 0.4) is 0 Å². The average Bonchev–Trinajstić information content (AvgIpc) is 2.52. The molecule has 0 atom stereocenters. The summed E-state index contributed by atoms with van der Waals surface area (Å²) in [6, 6.07) is 13.4. The molecule has 5 heteroatoms. The van der Waals surface area contributed by atoms with Gasteiger partial charge in [-0.15, -0.1) is 0 Å². The Morgan fingerprint density at radius 2 is 1.68 bits per heavy atom. The lowest BCUT2D eigenvalue weighted by Gasteiger charge is -2.11. The Labute approximate surface area is 141 Å². The Kier molecular flexibility index (Phi) is 6.69. The maximum atomic E-state index is 6.10. The van der Waals surface area contributed by atoms with E-state index in [-0.39, 0.29) is 0 Å². The summed E-state index contributed by atoms with van der Waals surface area (Å²) >= 11 is 12.0. The van der Waals surface area contributed by atoms with E-state index in [1.54, 1.807) is 6.07 Å². The van der Waals surface area contributed by atoms with Crippen LogP contribution in [-0.4, -0.2) is 19.7 Å². The first-order valence-electron chi connectivity index (χ1n) is 7.34. The molecule has 0 saturated carbocycles. The van der Waals surface area contributed by atoms with Crippen LogP contribution in [0.15, 0.2) is 42.5 Å². The van der Waals surface area contributed by atoms with Crippen molar-refractivity contribution in [1.29, 1.82) is 0 Å². The summed E-state index contributed by atoms with van der Waals surface area (Å²) < 4.78 is 5.55. The van der Waals surface area contributed by atoms with Crippen LogP contribution in [0.2, 0.25) is 10.0 Å². The zero-order valence-electron chi connectivity index (χ0n) is 12.5. The molecule has 2 rings (SSSR count). The number of ether oxygens (including phenoxy) is 1. The molecule has 3 nitrogen and oxygen atoms in total. The monoisotopic (exact) mass is 338 g/mol. The maximum absolute atomic E-state index is 6.10. The molecule has 2 aromatic rings. The summed E-state index contributed by atoms with van der Waals surface area (Å²) in [5.41, 5.74) is 1.95. The Morgan fingerprint density at radius 3 is 2.36 bits per heavy atom. The molecule has 0 heterocycles. The second-order valence-electron chi connectivity index (χ2n) is 4.85. The minimum absolute atomic E-state index is 0.630. The molecule has 0 bridgehead atoms. The van der Waals surface area contributed by atoms with Crippen LogP contribution in [0, 0.1) is 0 Å². The molecular formula is C17H20Cl2N2O.